The van der Waals surface area contributed by atoms with E-state index in [1.54, 1.807) is 0 Å². The van der Waals surface area contributed by atoms with Crippen LogP contribution in [0.5, 0.6) is 0 Å². The monoisotopic (exact) mass is 1440 g/mol. The number of unbranched alkanes of at least 4 members (excludes halogenated alkanes) is 44. The fourth-order valence-corrected chi connectivity index (χ4v) is 13.7. The first-order valence-electron chi connectivity index (χ1n) is 40.9. The van der Waals surface area contributed by atoms with E-state index >= 15 is 0 Å². The molecule has 0 aliphatic carbocycles. The number of esters is 4. The van der Waals surface area contributed by atoms with Crippen LogP contribution in [0.15, 0.2) is 0 Å². The number of hydrogen-bond donors (Lipinski definition) is 3. The Bertz CT molecular complexity index is 1910. The van der Waals surface area contributed by atoms with Gasteiger partial charge >= 0.3 is 39.5 Å². The highest BCUT2D eigenvalue weighted by Gasteiger charge is 2.30. The van der Waals surface area contributed by atoms with E-state index in [1.165, 1.54) is 218 Å². The van der Waals surface area contributed by atoms with Crippen LogP contribution in [-0.4, -0.2) is 96.7 Å². The molecule has 0 bridgehead atoms. The van der Waals surface area contributed by atoms with Gasteiger partial charge in [-0.25, -0.2) is 9.13 Å². The summed E-state index contributed by atoms with van der Waals surface area (Å²) >= 11 is 0. The van der Waals surface area contributed by atoms with Crippen molar-refractivity contribution < 1.29 is 80.2 Å². The summed E-state index contributed by atoms with van der Waals surface area (Å²) in [6.45, 7) is 11.9. The lowest BCUT2D eigenvalue weighted by molar-refractivity contribution is -0.161. The number of carbonyl (C=O) groups excluding carboxylic acids is 4. The summed E-state index contributed by atoms with van der Waals surface area (Å²) < 4.78 is 68.6. The normalized spacial score (nSPS) is 14.3. The van der Waals surface area contributed by atoms with Gasteiger partial charge in [-0.1, -0.05) is 357 Å². The van der Waals surface area contributed by atoms with E-state index in [0.717, 1.165) is 108 Å². The Labute approximate surface area is 600 Å². The Morgan fingerprint density at radius 2 is 0.520 bits per heavy atom. The van der Waals surface area contributed by atoms with Gasteiger partial charge < -0.3 is 33.8 Å². The molecule has 0 aliphatic heterocycles. The van der Waals surface area contributed by atoms with E-state index in [-0.39, 0.29) is 25.7 Å². The number of aliphatic hydroxyl groups is 1. The van der Waals surface area contributed by atoms with Gasteiger partial charge in [0.2, 0.25) is 0 Å². The number of ether oxygens (including phenoxy) is 4. The van der Waals surface area contributed by atoms with E-state index < -0.39 is 97.5 Å². The fourth-order valence-electron chi connectivity index (χ4n) is 12.1. The van der Waals surface area contributed by atoms with E-state index in [1.807, 2.05) is 0 Å². The topological polar surface area (TPSA) is 237 Å². The van der Waals surface area contributed by atoms with Crippen molar-refractivity contribution in [1.29, 1.82) is 0 Å². The lowest BCUT2D eigenvalue weighted by Gasteiger charge is -2.21. The summed E-state index contributed by atoms with van der Waals surface area (Å²) in [4.78, 5) is 72.9. The molecule has 98 heavy (non-hydrogen) atoms. The first-order chi connectivity index (χ1) is 47.3. The first-order valence-corrected chi connectivity index (χ1v) is 43.9. The third kappa shape index (κ3) is 71.1. The summed E-state index contributed by atoms with van der Waals surface area (Å²) in [5.74, 6) is 0.237. The minimum atomic E-state index is -4.96. The minimum absolute atomic E-state index is 0.106. The maximum absolute atomic E-state index is 13.1. The Hall–Kier alpha value is -1.94. The molecule has 0 spiro atoms. The van der Waals surface area contributed by atoms with Gasteiger partial charge in [0.25, 0.3) is 0 Å². The molecule has 0 aliphatic rings. The minimum Gasteiger partial charge on any atom is -0.462 e. The van der Waals surface area contributed by atoms with Crippen molar-refractivity contribution in [2.45, 2.75) is 426 Å². The Kier molecular flexibility index (Phi) is 68.1. The summed E-state index contributed by atoms with van der Waals surface area (Å²) in [6.07, 6.45) is 56.9. The van der Waals surface area contributed by atoms with Gasteiger partial charge in [0, 0.05) is 25.7 Å². The Morgan fingerprint density at radius 3 is 0.776 bits per heavy atom. The molecule has 0 aromatic heterocycles. The number of hydrogen-bond acceptors (Lipinski definition) is 15. The number of rotatable bonds is 77. The molecule has 0 fully saturated rings. The van der Waals surface area contributed by atoms with Gasteiger partial charge in [-0.15, -0.1) is 0 Å². The van der Waals surface area contributed by atoms with Crippen LogP contribution < -0.4 is 0 Å². The predicted molar refractivity (Wildman–Crippen MR) is 400 cm³/mol. The third-order valence-corrected chi connectivity index (χ3v) is 20.6. The molecule has 19 heteroatoms. The van der Waals surface area contributed by atoms with E-state index in [9.17, 15) is 43.2 Å². The number of phosphoric acid groups is 2. The average molecular weight is 1440 g/mol. The molecule has 582 valence electrons. The zero-order valence-electron chi connectivity index (χ0n) is 64.3. The van der Waals surface area contributed by atoms with E-state index in [4.69, 9.17) is 37.0 Å². The van der Waals surface area contributed by atoms with Gasteiger partial charge in [0.1, 0.15) is 19.3 Å². The molecule has 0 aromatic rings. The summed E-state index contributed by atoms with van der Waals surface area (Å²) in [5, 5.41) is 10.6. The average Bonchev–Trinajstić information content (AvgIpc) is 1.13. The van der Waals surface area contributed by atoms with Crippen molar-refractivity contribution in [2.75, 3.05) is 39.6 Å². The Balaban J connectivity index is 5.20. The Morgan fingerprint density at radius 1 is 0.296 bits per heavy atom. The molecule has 0 aromatic carbocycles. The molecule has 3 unspecified atom stereocenters. The molecule has 17 nitrogen and oxygen atoms in total. The highest BCUT2D eigenvalue weighted by Crippen LogP contribution is 2.45. The zero-order chi connectivity index (χ0) is 72.3. The van der Waals surface area contributed by atoms with Gasteiger partial charge in [-0.05, 0) is 43.4 Å². The maximum atomic E-state index is 13.1. The van der Waals surface area contributed by atoms with Crippen LogP contribution in [0.2, 0.25) is 0 Å². The van der Waals surface area contributed by atoms with Crippen molar-refractivity contribution in [3.05, 3.63) is 0 Å². The van der Waals surface area contributed by atoms with Gasteiger partial charge in [0.05, 0.1) is 26.4 Å². The summed E-state index contributed by atoms with van der Waals surface area (Å²) in [5.41, 5.74) is 0. The second kappa shape index (κ2) is 69.4. The molecule has 0 radical (unpaired) electrons. The largest absolute Gasteiger partial charge is 0.472 e. The summed E-state index contributed by atoms with van der Waals surface area (Å²) in [6, 6.07) is 0. The molecule has 0 saturated heterocycles. The van der Waals surface area contributed by atoms with Crippen LogP contribution in [-0.2, 0) is 65.4 Å². The lowest BCUT2D eigenvalue weighted by Crippen LogP contribution is -2.30. The molecule has 0 saturated carbocycles. The van der Waals surface area contributed by atoms with Crippen molar-refractivity contribution in [2.24, 2.45) is 17.8 Å². The first kappa shape index (κ1) is 96.1. The van der Waals surface area contributed by atoms with Crippen LogP contribution in [0.25, 0.3) is 0 Å². The third-order valence-electron chi connectivity index (χ3n) is 18.7. The summed E-state index contributed by atoms with van der Waals surface area (Å²) in [7, 11) is -9.92. The molecule has 0 amide bonds. The SMILES string of the molecule is CCCCCCCCCCCCCCC(=O)OC[C@H](COP(=O)(O)OC[C@H](O)COP(=O)(O)OC[C@@H](COC(=O)CCCCCCCCCCCC(C)C)OC(=O)CCCCCCCCCCCCCCCCCCCCC(C)CC)OC(=O)CCCCCCCCCCCC(C)C. The zero-order valence-corrected chi connectivity index (χ0v) is 66.0. The highest BCUT2D eigenvalue weighted by atomic mass is 31.2. The second-order valence-electron chi connectivity index (χ2n) is 29.6. The van der Waals surface area contributed by atoms with Crippen molar-refractivity contribution in [3.8, 4) is 0 Å². The van der Waals surface area contributed by atoms with Crippen molar-refractivity contribution in [1.82, 2.24) is 0 Å². The lowest BCUT2D eigenvalue weighted by atomic mass is 9.99. The second-order valence-corrected chi connectivity index (χ2v) is 32.6. The van der Waals surface area contributed by atoms with E-state index in [2.05, 4.69) is 48.5 Å². The highest BCUT2D eigenvalue weighted by molar-refractivity contribution is 7.47. The maximum Gasteiger partial charge on any atom is 0.472 e. The van der Waals surface area contributed by atoms with Crippen LogP contribution in [0.4, 0.5) is 0 Å². The molecule has 6 atom stereocenters. The van der Waals surface area contributed by atoms with Crippen LogP contribution >= 0.6 is 15.6 Å². The van der Waals surface area contributed by atoms with Crippen LogP contribution in [0.3, 0.4) is 0 Å². The van der Waals surface area contributed by atoms with Gasteiger partial charge in [0.15, 0.2) is 12.2 Å². The van der Waals surface area contributed by atoms with Gasteiger partial charge in [-0.2, -0.15) is 0 Å². The molecular formula is C79H154O17P2. The molecule has 3 N–H and O–H groups in total. The molecule has 0 heterocycles. The van der Waals surface area contributed by atoms with Crippen LogP contribution in [0, 0.1) is 17.8 Å². The number of aliphatic hydroxyl groups excluding tert-OH is 1. The van der Waals surface area contributed by atoms with Crippen molar-refractivity contribution >= 4 is 39.5 Å². The predicted octanol–water partition coefficient (Wildman–Crippen LogP) is 23.4. The smallest absolute Gasteiger partial charge is 0.462 e. The quantitative estimate of drug-likeness (QED) is 0.0222. The van der Waals surface area contributed by atoms with Crippen LogP contribution in [0.1, 0.15) is 408 Å². The fraction of sp³-hybridized carbons (Fsp3) is 0.949. The van der Waals surface area contributed by atoms with Gasteiger partial charge in [-0.3, -0.25) is 37.3 Å². The number of carbonyl (C=O) groups is 4. The standard InChI is InChI=1S/C79H154O17P2/c1-8-10-11-12-13-14-15-25-32-39-46-53-60-76(81)89-66-75(96-79(84)63-56-49-42-35-28-30-37-44-51-58-71(5)6)69-94-98(87,88)92-65-73(80)64-91-97(85,86)93-68-74(67-90-77(82)61-54-47-40-34-27-29-36-43-50-57-70(3)4)95-78(83)62-55-48-41-33-26-23-21-19-17-16-18-20-22-24-31-38-45-52-59-72(7)9-2/h70-75,80H,8-69H2,1-7H3,(H,85,86)(H,87,88)/t72?,73-,74-,75-/m1/s1. The molecular weight excluding hydrogens is 1280 g/mol. The van der Waals surface area contributed by atoms with E-state index in [0.29, 0.717) is 25.7 Å². The molecule has 0 rings (SSSR count). The number of phosphoric ester groups is 2. The van der Waals surface area contributed by atoms with Crippen molar-refractivity contribution in [3.63, 3.8) is 0 Å².